The third kappa shape index (κ3) is 3.01. The van der Waals surface area contributed by atoms with Crippen LogP contribution in [0.2, 0.25) is 0 Å². The molecule has 1 spiro atoms. The van der Waals surface area contributed by atoms with E-state index in [9.17, 15) is 9.59 Å². The molecule has 1 fully saturated rings. The van der Waals surface area contributed by atoms with Gasteiger partial charge in [0.1, 0.15) is 5.69 Å². The van der Waals surface area contributed by atoms with E-state index in [2.05, 4.69) is 5.10 Å². The monoisotopic (exact) mass is 385 g/mol. The molecule has 2 aliphatic rings. The molecule has 0 atom stereocenters. The quantitative estimate of drug-likeness (QED) is 0.779. The lowest BCUT2D eigenvalue weighted by atomic mass is 9.83. The van der Waals surface area contributed by atoms with E-state index in [1.165, 1.54) is 0 Å². The van der Waals surface area contributed by atoms with E-state index in [0.29, 0.717) is 31.1 Å². The molecule has 2 aromatic rings. The fourth-order valence-electron chi connectivity index (χ4n) is 4.22. The lowest BCUT2D eigenvalue weighted by molar-refractivity contribution is -0.0991. The molecule has 2 aliphatic heterocycles. The summed E-state index contributed by atoms with van der Waals surface area (Å²) in [7, 11) is 7.24. The van der Waals surface area contributed by atoms with Crippen molar-refractivity contribution in [2.75, 3.05) is 27.2 Å². The van der Waals surface area contributed by atoms with Crippen molar-refractivity contribution in [2.45, 2.75) is 31.5 Å². The number of piperidine rings is 1. The van der Waals surface area contributed by atoms with E-state index in [1.807, 2.05) is 46.6 Å². The van der Waals surface area contributed by atoms with Gasteiger partial charge in [0.05, 0.1) is 12.2 Å². The molecular weight excluding hydrogens is 358 g/mol. The standard InChI is InChI=1S/C20H27N5O3/c1-22(2)19(27)17-14-13-28-20(12-16(14)24(4)21-17)7-10-25(11-8-20)18(26)15-6-5-9-23(15)3/h5-6,9H,7-8,10-13H2,1-4H3. The molecule has 0 radical (unpaired) electrons. The molecular formula is C20H27N5O3. The van der Waals surface area contributed by atoms with Gasteiger partial charge in [0, 0.05) is 65.2 Å². The van der Waals surface area contributed by atoms with Crippen molar-refractivity contribution in [3.8, 4) is 0 Å². The Morgan fingerprint density at radius 2 is 1.93 bits per heavy atom. The molecule has 0 unspecified atom stereocenters. The molecule has 0 aliphatic carbocycles. The van der Waals surface area contributed by atoms with Crippen molar-refractivity contribution >= 4 is 11.8 Å². The largest absolute Gasteiger partial charge is 0.370 e. The summed E-state index contributed by atoms with van der Waals surface area (Å²) in [5.41, 5.74) is 2.87. The molecule has 2 aromatic heterocycles. The van der Waals surface area contributed by atoms with E-state index < -0.39 is 0 Å². The number of ether oxygens (including phenoxy) is 1. The van der Waals surface area contributed by atoms with Crippen LogP contribution in [0, 0.1) is 0 Å². The summed E-state index contributed by atoms with van der Waals surface area (Å²) in [6.45, 7) is 1.73. The highest BCUT2D eigenvalue weighted by molar-refractivity contribution is 5.94. The minimum absolute atomic E-state index is 0.0678. The van der Waals surface area contributed by atoms with Gasteiger partial charge in [-0.1, -0.05) is 0 Å². The molecule has 0 saturated carbocycles. The SMILES string of the molecule is CN(C)C(=O)c1nn(C)c2c1COC1(CCN(C(=O)c3cccn3C)CC1)C2. The Morgan fingerprint density at radius 3 is 2.54 bits per heavy atom. The van der Waals surface area contributed by atoms with Crippen LogP contribution >= 0.6 is 0 Å². The zero-order chi connectivity index (χ0) is 20.1. The Hall–Kier alpha value is -2.61. The number of nitrogens with zero attached hydrogens (tertiary/aromatic N) is 5. The van der Waals surface area contributed by atoms with Crippen LogP contribution < -0.4 is 0 Å². The van der Waals surface area contributed by atoms with Crippen LogP contribution in [-0.2, 0) is 31.9 Å². The van der Waals surface area contributed by atoms with Gasteiger partial charge in [0.15, 0.2) is 5.69 Å². The van der Waals surface area contributed by atoms with E-state index in [1.54, 1.807) is 19.0 Å². The number of aryl methyl sites for hydroxylation is 2. The van der Waals surface area contributed by atoms with Gasteiger partial charge in [0.2, 0.25) is 0 Å². The summed E-state index contributed by atoms with van der Waals surface area (Å²) in [5.74, 6) is -0.0300. The molecule has 150 valence electrons. The molecule has 0 N–H and O–H groups in total. The van der Waals surface area contributed by atoms with Crippen LogP contribution in [0.25, 0.3) is 0 Å². The van der Waals surface area contributed by atoms with Crippen LogP contribution in [-0.4, -0.2) is 68.7 Å². The molecule has 0 aromatic carbocycles. The average Bonchev–Trinajstić information content (AvgIpc) is 3.24. The Morgan fingerprint density at radius 1 is 1.21 bits per heavy atom. The second-order valence-electron chi connectivity index (χ2n) is 8.04. The smallest absolute Gasteiger partial charge is 0.274 e. The molecule has 28 heavy (non-hydrogen) atoms. The Bertz CT molecular complexity index is 918. The van der Waals surface area contributed by atoms with Gasteiger partial charge < -0.3 is 19.1 Å². The predicted molar refractivity (Wildman–Crippen MR) is 103 cm³/mol. The van der Waals surface area contributed by atoms with Crippen molar-refractivity contribution in [3.63, 3.8) is 0 Å². The number of likely N-dealkylation sites (tertiary alicyclic amines) is 1. The normalized spacial score (nSPS) is 18.2. The number of carbonyl (C=O) groups is 2. The average molecular weight is 385 g/mol. The molecule has 4 rings (SSSR count). The highest BCUT2D eigenvalue weighted by Crippen LogP contribution is 2.37. The van der Waals surface area contributed by atoms with Gasteiger partial charge in [-0.3, -0.25) is 14.3 Å². The molecule has 8 nitrogen and oxygen atoms in total. The highest BCUT2D eigenvalue weighted by Gasteiger charge is 2.42. The summed E-state index contributed by atoms with van der Waals surface area (Å²) >= 11 is 0. The van der Waals surface area contributed by atoms with Crippen molar-refractivity contribution < 1.29 is 14.3 Å². The van der Waals surface area contributed by atoms with Crippen molar-refractivity contribution in [3.05, 3.63) is 41.0 Å². The fraction of sp³-hybridized carbons (Fsp3) is 0.550. The third-order valence-electron chi connectivity index (χ3n) is 6.02. The summed E-state index contributed by atoms with van der Waals surface area (Å²) < 4.78 is 9.97. The minimum Gasteiger partial charge on any atom is -0.370 e. The molecule has 8 heteroatoms. The van der Waals surface area contributed by atoms with Gasteiger partial charge in [-0.05, 0) is 25.0 Å². The minimum atomic E-state index is -0.287. The van der Waals surface area contributed by atoms with Crippen molar-refractivity contribution in [1.82, 2.24) is 24.1 Å². The predicted octanol–water partition coefficient (Wildman–Crippen LogP) is 1.21. The molecule has 4 heterocycles. The zero-order valence-corrected chi connectivity index (χ0v) is 16.9. The van der Waals surface area contributed by atoms with Crippen LogP contribution in [0.4, 0.5) is 0 Å². The summed E-state index contributed by atoms with van der Waals surface area (Å²) in [6.07, 6.45) is 4.17. The van der Waals surface area contributed by atoms with Gasteiger partial charge >= 0.3 is 0 Å². The second kappa shape index (κ2) is 6.77. The Balaban J connectivity index is 1.49. The highest BCUT2D eigenvalue weighted by atomic mass is 16.5. The number of fused-ring (bicyclic) bond motifs is 1. The number of carbonyl (C=O) groups excluding carboxylic acids is 2. The molecule has 2 amide bonds. The first-order valence-electron chi connectivity index (χ1n) is 9.62. The molecule has 0 bridgehead atoms. The number of amides is 2. The summed E-state index contributed by atoms with van der Waals surface area (Å²) in [6, 6.07) is 3.74. The maximum atomic E-state index is 12.8. The second-order valence-corrected chi connectivity index (χ2v) is 8.04. The van der Waals surface area contributed by atoms with Crippen molar-refractivity contribution in [2.24, 2.45) is 14.1 Å². The fourth-order valence-corrected chi connectivity index (χ4v) is 4.22. The van der Waals surface area contributed by atoms with Crippen LogP contribution in [0.15, 0.2) is 18.3 Å². The third-order valence-corrected chi connectivity index (χ3v) is 6.02. The maximum Gasteiger partial charge on any atom is 0.274 e. The van der Waals surface area contributed by atoms with Gasteiger partial charge in [-0.15, -0.1) is 0 Å². The number of rotatable bonds is 2. The van der Waals surface area contributed by atoms with E-state index in [4.69, 9.17) is 4.74 Å². The summed E-state index contributed by atoms with van der Waals surface area (Å²) in [4.78, 5) is 28.6. The van der Waals surface area contributed by atoms with E-state index in [0.717, 1.165) is 30.5 Å². The van der Waals surface area contributed by atoms with Crippen LogP contribution in [0.1, 0.15) is 45.1 Å². The van der Waals surface area contributed by atoms with E-state index in [-0.39, 0.29) is 17.4 Å². The Kier molecular flexibility index (Phi) is 4.53. The maximum absolute atomic E-state index is 12.8. The number of hydrogen-bond acceptors (Lipinski definition) is 4. The number of aromatic nitrogens is 3. The van der Waals surface area contributed by atoms with Crippen molar-refractivity contribution in [1.29, 1.82) is 0 Å². The zero-order valence-electron chi connectivity index (χ0n) is 16.9. The topological polar surface area (TPSA) is 72.6 Å². The van der Waals surface area contributed by atoms with Crippen LogP contribution in [0.5, 0.6) is 0 Å². The molecule has 1 saturated heterocycles. The van der Waals surface area contributed by atoms with Crippen LogP contribution in [0.3, 0.4) is 0 Å². The first kappa shape index (κ1) is 18.7. The van der Waals surface area contributed by atoms with E-state index >= 15 is 0 Å². The Labute approximate surface area is 164 Å². The van der Waals surface area contributed by atoms with Gasteiger partial charge in [-0.2, -0.15) is 5.10 Å². The first-order valence-corrected chi connectivity index (χ1v) is 9.62. The number of hydrogen-bond donors (Lipinski definition) is 0. The first-order chi connectivity index (χ1) is 13.3. The van der Waals surface area contributed by atoms with Gasteiger partial charge in [0.25, 0.3) is 11.8 Å². The lowest BCUT2D eigenvalue weighted by Gasteiger charge is -2.43. The summed E-state index contributed by atoms with van der Waals surface area (Å²) in [5, 5.41) is 4.46. The lowest BCUT2D eigenvalue weighted by Crippen LogP contribution is -2.51. The van der Waals surface area contributed by atoms with Gasteiger partial charge in [-0.25, -0.2) is 0 Å².